The summed E-state index contributed by atoms with van der Waals surface area (Å²) in [6, 6.07) is 13.6. The maximum atomic E-state index is 11.6. The molecule has 144 valence electrons. The van der Waals surface area contributed by atoms with Crippen molar-refractivity contribution in [1.82, 2.24) is 20.5 Å². The van der Waals surface area contributed by atoms with Crippen LogP contribution in [0.1, 0.15) is 11.3 Å². The van der Waals surface area contributed by atoms with Crippen LogP contribution in [0, 0.1) is 0 Å². The summed E-state index contributed by atoms with van der Waals surface area (Å²) < 4.78 is 5.54. The molecule has 1 heterocycles. The van der Waals surface area contributed by atoms with Crippen molar-refractivity contribution in [2.75, 3.05) is 34.3 Å². The Balaban J connectivity index is 1.78. The van der Waals surface area contributed by atoms with Crippen LogP contribution in [-0.4, -0.2) is 56.0 Å². The quantitative estimate of drug-likeness (QED) is 0.544. The molecule has 2 N–H and O–H groups in total. The van der Waals surface area contributed by atoms with Gasteiger partial charge in [0, 0.05) is 52.5 Å². The van der Waals surface area contributed by atoms with Crippen LogP contribution in [0.25, 0.3) is 0 Å². The summed E-state index contributed by atoms with van der Waals surface area (Å²) in [5.74, 6) is 1.32. The number of nitrogens with one attached hydrogen (secondary N) is 2. The summed E-state index contributed by atoms with van der Waals surface area (Å²) in [7, 11) is 5.15. The molecular formula is C20H27N5O2. The van der Waals surface area contributed by atoms with E-state index in [0.717, 1.165) is 30.2 Å². The van der Waals surface area contributed by atoms with Crippen LogP contribution in [0.5, 0.6) is 5.75 Å². The van der Waals surface area contributed by atoms with Gasteiger partial charge in [-0.25, -0.2) is 0 Å². The minimum absolute atomic E-state index is 0.0284. The van der Waals surface area contributed by atoms with Crippen molar-refractivity contribution in [3.8, 4) is 5.75 Å². The molecule has 0 fully saturated rings. The third kappa shape index (κ3) is 7.35. The molecule has 0 spiro atoms. The van der Waals surface area contributed by atoms with Gasteiger partial charge < -0.3 is 20.3 Å². The molecule has 0 atom stereocenters. The number of ether oxygens (including phenoxy) is 1. The van der Waals surface area contributed by atoms with Crippen LogP contribution in [-0.2, 0) is 17.8 Å². The van der Waals surface area contributed by atoms with Crippen LogP contribution in [0.4, 0.5) is 0 Å². The molecule has 0 unspecified atom stereocenters. The Kier molecular flexibility index (Phi) is 8.09. The molecule has 0 saturated carbocycles. The van der Waals surface area contributed by atoms with Gasteiger partial charge in [-0.05, 0) is 29.8 Å². The zero-order valence-corrected chi connectivity index (χ0v) is 16.1. The van der Waals surface area contributed by atoms with E-state index in [1.165, 1.54) is 4.90 Å². The third-order valence-electron chi connectivity index (χ3n) is 3.84. The van der Waals surface area contributed by atoms with E-state index in [1.54, 1.807) is 27.3 Å². The number of aromatic nitrogens is 1. The number of nitrogens with zero attached hydrogens (tertiary/aromatic N) is 3. The highest BCUT2D eigenvalue weighted by molar-refractivity contribution is 5.79. The topological polar surface area (TPSA) is 78.9 Å². The second kappa shape index (κ2) is 10.8. The first-order chi connectivity index (χ1) is 13.1. The summed E-state index contributed by atoms with van der Waals surface area (Å²) >= 11 is 0. The normalized spacial score (nSPS) is 11.0. The highest BCUT2D eigenvalue weighted by Crippen LogP contribution is 2.13. The number of carbonyl (C=O) groups excluding carboxylic acids is 1. The standard InChI is InChI=1S/C20H27N5O2/c1-21-20(23-12-10-17-8-4-5-11-22-17)24-14-16-7-6-9-18(13-16)27-15-19(26)25(2)3/h4-9,11,13H,10,12,14-15H2,1-3H3,(H2,21,23,24). The SMILES string of the molecule is CN=C(NCCc1ccccn1)NCc1cccc(OCC(=O)N(C)C)c1. The number of pyridine rings is 1. The molecule has 2 rings (SSSR count). The first-order valence-corrected chi connectivity index (χ1v) is 8.85. The molecule has 0 aliphatic rings. The number of likely N-dealkylation sites (N-methyl/N-ethyl adjacent to an activating group) is 1. The number of rotatable bonds is 8. The van der Waals surface area contributed by atoms with E-state index in [4.69, 9.17) is 4.74 Å². The molecule has 7 nitrogen and oxygen atoms in total. The average Bonchev–Trinajstić information content (AvgIpc) is 2.69. The number of guanidine groups is 1. The summed E-state index contributed by atoms with van der Waals surface area (Å²) in [4.78, 5) is 21.7. The molecule has 0 aliphatic heterocycles. The van der Waals surface area contributed by atoms with Crippen LogP contribution in [0.15, 0.2) is 53.7 Å². The molecule has 0 aliphatic carbocycles. The van der Waals surface area contributed by atoms with Gasteiger partial charge in [0.05, 0.1) is 0 Å². The second-order valence-corrected chi connectivity index (χ2v) is 6.15. The highest BCUT2D eigenvalue weighted by Gasteiger charge is 2.05. The molecule has 0 saturated heterocycles. The maximum absolute atomic E-state index is 11.6. The predicted molar refractivity (Wildman–Crippen MR) is 107 cm³/mol. The van der Waals surface area contributed by atoms with Gasteiger partial charge in [-0.3, -0.25) is 14.8 Å². The Morgan fingerprint density at radius 2 is 2.04 bits per heavy atom. The molecular weight excluding hydrogens is 342 g/mol. The fraction of sp³-hybridized carbons (Fsp3) is 0.350. The molecule has 0 radical (unpaired) electrons. The summed E-state index contributed by atoms with van der Waals surface area (Å²) in [5.41, 5.74) is 2.08. The Bertz CT molecular complexity index is 747. The lowest BCUT2D eigenvalue weighted by Gasteiger charge is -2.13. The number of aliphatic imine (C=N–C) groups is 1. The summed E-state index contributed by atoms with van der Waals surface area (Å²) in [5, 5.41) is 6.54. The summed E-state index contributed by atoms with van der Waals surface area (Å²) in [6.07, 6.45) is 2.62. The van der Waals surface area contributed by atoms with E-state index in [9.17, 15) is 4.79 Å². The van der Waals surface area contributed by atoms with Crippen molar-refractivity contribution in [2.24, 2.45) is 4.99 Å². The van der Waals surface area contributed by atoms with Crippen LogP contribution < -0.4 is 15.4 Å². The summed E-state index contributed by atoms with van der Waals surface area (Å²) in [6.45, 7) is 1.37. The van der Waals surface area contributed by atoms with Gasteiger partial charge in [-0.15, -0.1) is 0 Å². The minimum Gasteiger partial charge on any atom is -0.484 e. The highest BCUT2D eigenvalue weighted by atomic mass is 16.5. The molecule has 2 aromatic rings. The van der Waals surface area contributed by atoms with Gasteiger partial charge in [-0.1, -0.05) is 18.2 Å². The molecule has 27 heavy (non-hydrogen) atoms. The lowest BCUT2D eigenvalue weighted by molar-refractivity contribution is -0.130. The van der Waals surface area contributed by atoms with E-state index in [1.807, 2.05) is 42.5 Å². The Hall–Kier alpha value is -3.09. The van der Waals surface area contributed by atoms with Crippen molar-refractivity contribution in [1.29, 1.82) is 0 Å². The monoisotopic (exact) mass is 369 g/mol. The lowest BCUT2D eigenvalue weighted by atomic mass is 10.2. The van der Waals surface area contributed by atoms with Gasteiger partial charge in [0.1, 0.15) is 5.75 Å². The lowest BCUT2D eigenvalue weighted by Crippen LogP contribution is -2.37. The minimum atomic E-state index is -0.0731. The van der Waals surface area contributed by atoms with E-state index in [-0.39, 0.29) is 12.5 Å². The number of hydrogen-bond acceptors (Lipinski definition) is 4. The van der Waals surface area contributed by atoms with Crippen LogP contribution in [0.3, 0.4) is 0 Å². The van der Waals surface area contributed by atoms with E-state index in [2.05, 4.69) is 20.6 Å². The molecule has 1 aromatic heterocycles. The Labute approximate surface area is 160 Å². The van der Waals surface area contributed by atoms with Gasteiger partial charge >= 0.3 is 0 Å². The van der Waals surface area contributed by atoms with E-state index >= 15 is 0 Å². The molecule has 0 bridgehead atoms. The number of amides is 1. The van der Waals surface area contributed by atoms with E-state index < -0.39 is 0 Å². The first-order valence-electron chi connectivity index (χ1n) is 8.85. The predicted octanol–water partition coefficient (Wildman–Crippen LogP) is 1.46. The van der Waals surface area contributed by atoms with Gasteiger partial charge in [0.2, 0.25) is 0 Å². The zero-order chi connectivity index (χ0) is 19.5. The van der Waals surface area contributed by atoms with Crippen molar-refractivity contribution >= 4 is 11.9 Å². The Morgan fingerprint density at radius 1 is 1.19 bits per heavy atom. The fourth-order valence-corrected chi connectivity index (χ4v) is 2.28. The maximum Gasteiger partial charge on any atom is 0.259 e. The molecule has 1 aromatic carbocycles. The third-order valence-corrected chi connectivity index (χ3v) is 3.84. The molecule has 1 amide bonds. The molecule has 7 heteroatoms. The van der Waals surface area contributed by atoms with Crippen LogP contribution >= 0.6 is 0 Å². The second-order valence-electron chi connectivity index (χ2n) is 6.15. The Morgan fingerprint density at radius 3 is 2.74 bits per heavy atom. The van der Waals surface area contributed by atoms with E-state index in [0.29, 0.717) is 12.3 Å². The zero-order valence-electron chi connectivity index (χ0n) is 16.1. The van der Waals surface area contributed by atoms with Crippen LogP contribution in [0.2, 0.25) is 0 Å². The van der Waals surface area contributed by atoms with Gasteiger partial charge in [0.25, 0.3) is 5.91 Å². The van der Waals surface area contributed by atoms with Crippen molar-refractivity contribution in [2.45, 2.75) is 13.0 Å². The van der Waals surface area contributed by atoms with Gasteiger partial charge in [-0.2, -0.15) is 0 Å². The number of carbonyl (C=O) groups is 1. The average molecular weight is 369 g/mol. The number of hydrogen-bond donors (Lipinski definition) is 2. The first kappa shape index (κ1) is 20.2. The van der Waals surface area contributed by atoms with Crippen molar-refractivity contribution in [3.63, 3.8) is 0 Å². The van der Waals surface area contributed by atoms with Gasteiger partial charge in [0.15, 0.2) is 12.6 Å². The van der Waals surface area contributed by atoms with Crippen molar-refractivity contribution in [3.05, 3.63) is 59.9 Å². The largest absolute Gasteiger partial charge is 0.484 e. The smallest absolute Gasteiger partial charge is 0.259 e. The fourth-order valence-electron chi connectivity index (χ4n) is 2.28. The number of benzene rings is 1. The van der Waals surface area contributed by atoms with Crippen molar-refractivity contribution < 1.29 is 9.53 Å².